The Kier molecular flexibility index (Phi) is 10.4. The lowest BCUT2D eigenvalue weighted by Gasteiger charge is -2.01. The van der Waals surface area contributed by atoms with Gasteiger partial charge in [-0.3, -0.25) is 0 Å². The standard InChI is InChI=1S/C19H29N/c1-16(2)9-6-10-17(3)11-7-12-18(4)13-8-14-19(5)15-20/h9,11,13H,5-8,10,12,14H2,1-4H3/b17-11+,18-13+. The van der Waals surface area contributed by atoms with Crippen molar-refractivity contribution in [1.29, 1.82) is 5.26 Å². The minimum atomic E-state index is 0.670. The summed E-state index contributed by atoms with van der Waals surface area (Å²) in [6.45, 7) is 12.4. The summed E-state index contributed by atoms with van der Waals surface area (Å²) in [6, 6.07) is 2.09. The summed E-state index contributed by atoms with van der Waals surface area (Å²) in [5, 5.41) is 8.63. The Hall–Kier alpha value is -1.55. The van der Waals surface area contributed by atoms with Crippen LogP contribution in [-0.4, -0.2) is 0 Å². The maximum Gasteiger partial charge on any atom is 0.0940 e. The van der Waals surface area contributed by atoms with Gasteiger partial charge in [-0.15, -0.1) is 0 Å². The van der Waals surface area contributed by atoms with Crippen LogP contribution in [-0.2, 0) is 0 Å². The monoisotopic (exact) mass is 271 g/mol. The second-order valence-corrected chi connectivity index (χ2v) is 5.71. The van der Waals surface area contributed by atoms with Crippen molar-refractivity contribution in [2.24, 2.45) is 0 Å². The molecule has 20 heavy (non-hydrogen) atoms. The van der Waals surface area contributed by atoms with E-state index in [9.17, 15) is 0 Å². The Morgan fingerprint density at radius 1 is 0.850 bits per heavy atom. The van der Waals surface area contributed by atoms with E-state index in [1.807, 2.05) is 0 Å². The summed E-state index contributed by atoms with van der Waals surface area (Å²) >= 11 is 0. The first-order valence-electron chi connectivity index (χ1n) is 7.48. The second kappa shape index (κ2) is 11.3. The Morgan fingerprint density at radius 2 is 1.30 bits per heavy atom. The lowest BCUT2D eigenvalue weighted by Crippen LogP contribution is -1.82. The molecule has 0 unspecified atom stereocenters. The second-order valence-electron chi connectivity index (χ2n) is 5.71. The summed E-state index contributed by atoms with van der Waals surface area (Å²) in [5.74, 6) is 0. The number of nitriles is 1. The van der Waals surface area contributed by atoms with Gasteiger partial charge in [0, 0.05) is 5.57 Å². The van der Waals surface area contributed by atoms with Crippen LogP contribution in [0.5, 0.6) is 0 Å². The van der Waals surface area contributed by atoms with Crippen LogP contribution in [0, 0.1) is 11.3 Å². The number of rotatable bonds is 9. The molecule has 110 valence electrons. The van der Waals surface area contributed by atoms with Gasteiger partial charge < -0.3 is 0 Å². The van der Waals surface area contributed by atoms with Gasteiger partial charge in [0.05, 0.1) is 6.07 Å². The maximum atomic E-state index is 8.63. The third-order valence-corrected chi connectivity index (χ3v) is 3.22. The van der Waals surface area contributed by atoms with E-state index in [0.717, 1.165) is 38.5 Å². The fraction of sp³-hybridized carbons (Fsp3) is 0.526. The van der Waals surface area contributed by atoms with Crippen LogP contribution in [0.4, 0.5) is 0 Å². The molecule has 0 aromatic heterocycles. The summed E-state index contributed by atoms with van der Waals surface area (Å²) in [6.07, 6.45) is 13.1. The zero-order valence-corrected chi connectivity index (χ0v) is 13.6. The molecule has 0 aliphatic heterocycles. The lowest BCUT2D eigenvalue weighted by atomic mass is 10.0. The van der Waals surface area contributed by atoms with Gasteiger partial charge in [0.2, 0.25) is 0 Å². The van der Waals surface area contributed by atoms with Crippen LogP contribution in [0.1, 0.15) is 66.2 Å². The van der Waals surface area contributed by atoms with Crippen molar-refractivity contribution in [3.8, 4) is 6.07 Å². The highest BCUT2D eigenvalue weighted by Crippen LogP contribution is 2.12. The Bertz CT molecular complexity index is 423. The van der Waals surface area contributed by atoms with E-state index >= 15 is 0 Å². The number of hydrogen-bond acceptors (Lipinski definition) is 1. The molecule has 0 saturated heterocycles. The molecule has 0 aromatic rings. The molecule has 0 atom stereocenters. The Balaban J connectivity index is 3.91. The average molecular weight is 271 g/mol. The van der Waals surface area contributed by atoms with Crippen molar-refractivity contribution < 1.29 is 0 Å². The van der Waals surface area contributed by atoms with Gasteiger partial charge in [0.15, 0.2) is 0 Å². The van der Waals surface area contributed by atoms with E-state index in [-0.39, 0.29) is 0 Å². The maximum absolute atomic E-state index is 8.63. The fourth-order valence-corrected chi connectivity index (χ4v) is 1.89. The van der Waals surface area contributed by atoms with Crippen LogP contribution in [0.2, 0.25) is 0 Å². The highest BCUT2D eigenvalue weighted by Gasteiger charge is 1.93. The molecule has 0 saturated carbocycles. The van der Waals surface area contributed by atoms with Crippen LogP contribution >= 0.6 is 0 Å². The van der Waals surface area contributed by atoms with Crippen molar-refractivity contribution in [2.45, 2.75) is 66.2 Å². The molecule has 1 nitrogen and oxygen atoms in total. The highest BCUT2D eigenvalue weighted by atomic mass is 14.2. The molecule has 0 N–H and O–H groups in total. The van der Waals surface area contributed by atoms with Gasteiger partial charge in [0.1, 0.15) is 0 Å². The largest absolute Gasteiger partial charge is 0.193 e. The zero-order valence-electron chi connectivity index (χ0n) is 13.6. The van der Waals surface area contributed by atoms with E-state index in [4.69, 9.17) is 5.26 Å². The van der Waals surface area contributed by atoms with Gasteiger partial charge in [0.25, 0.3) is 0 Å². The topological polar surface area (TPSA) is 23.8 Å². The predicted octanol–water partition coefficient (Wildman–Crippen LogP) is 6.27. The molecular formula is C19H29N. The number of nitrogens with zero attached hydrogens (tertiary/aromatic N) is 1. The Labute approximate surface area is 125 Å². The summed E-state index contributed by atoms with van der Waals surface area (Å²) < 4.78 is 0. The van der Waals surface area contributed by atoms with Crippen molar-refractivity contribution in [2.75, 3.05) is 0 Å². The molecule has 0 fully saturated rings. The van der Waals surface area contributed by atoms with Crippen LogP contribution in [0.25, 0.3) is 0 Å². The third-order valence-electron chi connectivity index (χ3n) is 3.22. The molecule has 1 heteroatoms. The van der Waals surface area contributed by atoms with Gasteiger partial charge in [-0.25, -0.2) is 0 Å². The van der Waals surface area contributed by atoms with Crippen molar-refractivity contribution in [1.82, 2.24) is 0 Å². The van der Waals surface area contributed by atoms with Crippen LogP contribution in [0.15, 0.2) is 47.1 Å². The van der Waals surface area contributed by atoms with Gasteiger partial charge in [-0.2, -0.15) is 5.26 Å². The first-order chi connectivity index (χ1) is 9.45. The molecule has 0 aliphatic carbocycles. The molecule has 0 rings (SSSR count). The van der Waals surface area contributed by atoms with Crippen molar-refractivity contribution in [3.63, 3.8) is 0 Å². The summed E-state index contributed by atoms with van der Waals surface area (Å²) in [7, 11) is 0. The molecule has 0 aromatic carbocycles. The lowest BCUT2D eigenvalue weighted by molar-refractivity contribution is 0.905. The molecule has 0 amide bonds. The normalized spacial score (nSPS) is 11.9. The molecule has 0 aliphatic rings. The first-order valence-corrected chi connectivity index (χ1v) is 7.48. The van der Waals surface area contributed by atoms with Gasteiger partial charge >= 0.3 is 0 Å². The average Bonchev–Trinajstić information content (AvgIpc) is 2.38. The SMILES string of the molecule is C=C(C#N)CC/C=C(\C)CC/C=C(\C)CCC=C(C)C. The summed E-state index contributed by atoms with van der Waals surface area (Å²) in [4.78, 5) is 0. The number of hydrogen-bond donors (Lipinski definition) is 0. The van der Waals surface area contributed by atoms with E-state index in [2.05, 4.69) is 58.6 Å². The molecular weight excluding hydrogens is 242 g/mol. The minimum Gasteiger partial charge on any atom is -0.193 e. The molecule has 0 bridgehead atoms. The van der Waals surface area contributed by atoms with Crippen molar-refractivity contribution >= 4 is 0 Å². The van der Waals surface area contributed by atoms with Crippen LogP contribution < -0.4 is 0 Å². The van der Waals surface area contributed by atoms with E-state index < -0.39 is 0 Å². The Morgan fingerprint density at radius 3 is 1.75 bits per heavy atom. The number of allylic oxidation sites excluding steroid dienone is 7. The van der Waals surface area contributed by atoms with E-state index in [0.29, 0.717) is 5.57 Å². The smallest absolute Gasteiger partial charge is 0.0940 e. The van der Waals surface area contributed by atoms with E-state index in [1.54, 1.807) is 0 Å². The predicted molar refractivity (Wildman–Crippen MR) is 89.4 cm³/mol. The van der Waals surface area contributed by atoms with Crippen LogP contribution in [0.3, 0.4) is 0 Å². The highest BCUT2D eigenvalue weighted by molar-refractivity contribution is 5.16. The van der Waals surface area contributed by atoms with E-state index in [1.165, 1.54) is 16.7 Å². The summed E-state index contributed by atoms with van der Waals surface area (Å²) in [5.41, 5.74) is 4.96. The quantitative estimate of drug-likeness (QED) is 0.358. The van der Waals surface area contributed by atoms with Gasteiger partial charge in [-0.05, 0) is 66.2 Å². The van der Waals surface area contributed by atoms with Gasteiger partial charge in [-0.1, -0.05) is 41.5 Å². The molecule has 0 heterocycles. The fourth-order valence-electron chi connectivity index (χ4n) is 1.89. The minimum absolute atomic E-state index is 0.670. The zero-order chi connectivity index (χ0) is 15.4. The third kappa shape index (κ3) is 11.5. The molecule has 0 radical (unpaired) electrons. The first kappa shape index (κ1) is 18.4. The molecule has 0 spiro atoms. The van der Waals surface area contributed by atoms with Crippen molar-refractivity contribution in [3.05, 3.63) is 47.1 Å².